The maximum absolute atomic E-state index is 13.6. The van der Waals surface area contributed by atoms with Gasteiger partial charge in [0.15, 0.2) is 5.82 Å². The van der Waals surface area contributed by atoms with E-state index < -0.39 is 24.0 Å². The van der Waals surface area contributed by atoms with Crippen LogP contribution in [0.25, 0.3) is 21.3 Å². The summed E-state index contributed by atoms with van der Waals surface area (Å²) in [5.41, 5.74) is 3.18. The minimum Gasteiger partial charge on any atom is -0.480 e. The highest BCUT2D eigenvalue weighted by atomic mass is 32.1. The van der Waals surface area contributed by atoms with Gasteiger partial charge in [0.2, 0.25) is 5.92 Å². The molecule has 0 aliphatic rings. The third-order valence-electron chi connectivity index (χ3n) is 5.89. The number of nitrogens with zero attached hydrogens (tertiary/aromatic N) is 3. The molecule has 0 amide bonds. The molecular weight excluding hydrogens is 495 g/mol. The number of esters is 1. The summed E-state index contributed by atoms with van der Waals surface area (Å²) in [4.78, 5) is 39.9. The molecular formula is C27H27FN4O4S. The zero-order chi connectivity index (χ0) is 26.7. The Hall–Kier alpha value is -3.92. The van der Waals surface area contributed by atoms with Crippen molar-refractivity contribution in [1.82, 2.24) is 15.0 Å². The molecule has 3 aromatic heterocycles. The van der Waals surface area contributed by atoms with Gasteiger partial charge in [-0.15, -0.1) is 11.3 Å². The summed E-state index contributed by atoms with van der Waals surface area (Å²) in [6.45, 7) is 7.63. The number of hydrogen-bond acceptors (Lipinski definition) is 8. The number of hydrogen-bond donors (Lipinski definition) is 2. The van der Waals surface area contributed by atoms with Crippen molar-refractivity contribution in [3.05, 3.63) is 70.4 Å². The van der Waals surface area contributed by atoms with E-state index in [2.05, 4.69) is 20.3 Å². The number of pyridine rings is 1. The van der Waals surface area contributed by atoms with Crippen LogP contribution in [0.3, 0.4) is 0 Å². The van der Waals surface area contributed by atoms with Gasteiger partial charge in [0.25, 0.3) is 0 Å². The number of ether oxygens (including phenoxy) is 1. The van der Waals surface area contributed by atoms with E-state index in [-0.39, 0.29) is 11.6 Å². The fourth-order valence-corrected chi connectivity index (χ4v) is 4.94. The lowest BCUT2D eigenvalue weighted by atomic mass is 10.0. The molecule has 3 heterocycles. The van der Waals surface area contributed by atoms with Crippen molar-refractivity contribution in [2.45, 2.75) is 52.7 Å². The lowest BCUT2D eigenvalue weighted by Crippen LogP contribution is -2.28. The van der Waals surface area contributed by atoms with Gasteiger partial charge in [0.1, 0.15) is 16.5 Å². The second-order valence-electron chi connectivity index (χ2n) is 8.70. The van der Waals surface area contributed by atoms with E-state index in [0.29, 0.717) is 29.0 Å². The van der Waals surface area contributed by atoms with Crippen molar-refractivity contribution in [3.8, 4) is 11.1 Å². The fourth-order valence-electron chi connectivity index (χ4n) is 3.89. The minimum atomic E-state index is -1.69. The molecule has 2 N–H and O–H groups in total. The van der Waals surface area contributed by atoms with Gasteiger partial charge in [-0.2, -0.15) is 0 Å². The highest BCUT2D eigenvalue weighted by molar-refractivity contribution is 7.19. The smallest absolute Gasteiger partial charge is 0.328 e. The molecule has 192 valence electrons. The monoisotopic (exact) mass is 522 g/mol. The van der Waals surface area contributed by atoms with Crippen LogP contribution < -0.4 is 5.32 Å². The van der Waals surface area contributed by atoms with Crippen molar-refractivity contribution in [3.63, 3.8) is 0 Å². The molecule has 0 spiro atoms. The molecule has 2 unspecified atom stereocenters. The number of carboxylic acid groups (broad SMARTS) is 1. The van der Waals surface area contributed by atoms with Gasteiger partial charge >= 0.3 is 11.9 Å². The highest BCUT2D eigenvalue weighted by Crippen LogP contribution is 2.41. The number of rotatable bonds is 9. The van der Waals surface area contributed by atoms with E-state index in [1.807, 2.05) is 39.0 Å². The molecule has 0 fully saturated rings. The van der Waals surface area contributed by atoms with Crippen molar-refractivity contribution in [2.24, 2.45) is 0 Å². The third kappa shape index (κ3) is 5.75. The Kier molecular flexibility index (Phi) is 7.77. The van der Waals surface area contributed by atoms with Crippen LogP contribution in [0, 0.1) is 19.7 Å². The summed E-state index contributed by atoms with van der Waals surface area (Å²) in [6.07, 6.45) is 0.0940. The van der Waals surface area contributed by atoms with E-state index in [0.717, 1.165) is 27.4 Å². The van der Waals surface area contributed by atoms with Crippen molar-refractivity contribution in [2.75, 3.05) is 5.32 Å². The van der Waals surface area contributed by atoms with Crippen LogP contribution in [0.5, 0.6) is 0 Å². The number of thiophene rings is 1. The molecule has 0 bridgehead atoms. The van der Waals surface area contributed by atoms with Gasteiger partial charge in [-0.25, -0.2) is 14.4 Å². The minimum absolute atomic E-state index is 0.167. The van der Waals surface area contributed by atoms with Gasteiger partial charge in [-0.05, 0) is 57.0 Å². The number of benzene rings is 1. The Balaban J connectivity index is 1.86. The van der Waals surface area contributed by atoms with E-state index in [4.69, 9.17) is 4.74 Å². The van der Waals surface area contributed by atoms with Crippen LogP contribution in [0.4, 0.5) is 10.2 Å². The Morgan fingerprint density at radius 1 is 1.11 bits per heavy atom. The lowest BCUT2D eigenvalue weighted by Gasteiger charge is -2.16. The maximum atomic E-state index is 13.6. The molecule has 0 aliphatic heterocycles. The third-order valence-corrected chi connectivity index (χ3v) is 6.89. The highest BCUT2D eigenvalue weighted by Gasteiger charge is 2.35. The summed E-state index contributed by atoms with van der Waals surface area (Å²) in [5.74, 6) is -4.17. The second-order valence-corrected chi connectivity index (χ2v) is 9.90. The van der Waals surface area contributed by atoms with Crippen LogP contribution in [-0.4, -0.2) is 38.1 Å². The predicted molar refractivity (Wildman–Crippen MR) is 140 cm³/mol. The molecule has 4 aromatic rings. The molecule has 0 radical (unpaired) electrons. The van der Waals surface area contributed by atoms with E-state index in [1.54, 1.807) is 19.1 Å². The van der Waals surface area contributed by atoms with Crippen LogP contribution >= 0.6 is 11.3 Å². The average Bonchev–Trinajstić information content (AvgIpc) is 3.18. The average molecular weight is 523 g/mol. The van der Waals surface area contributed by atoms with Gasteiger partial charge in [-0.3, -0.25) is 14.6 Å². The molecule has 0 saturated heterocycles. The number of carbonyl (C=O) groups excluding carboxylic acids is 1. The van der Waals surface area contributed by atoms with Crippen LogP contribution in [0.15, 0.2) is 42.5 Å². The summed E-state index contributed by atoms with van der Waals surface area (Å²) in [5, 5.41) is 13.8. The number of halogens is 1. The first-order valence-electron chi connectivity index (χ1n) is 11.8. The Bertz CT molecular complexity index is 1460. The molecule has 2 atom stereocenters. The molecule has 8 nitrogen and oxygen atoms in total. The van der Waals surface area contributed by atoms with E-state index in [9.17, 15) is 19.1 Å². The largest absolute Gasteiger partial charge is 0.480 e. The number of carbonyl (C=O) groups is 2. The molecule has 37 heavy (non-hydrogen) atoms. The molecule has 0 aliphatic carbocycles. The summed E-state index contributed by atoms with van der Waals surface area (Å²) < 4.78 is 19.0. The number of fused-ring (bicyclic) bond motifs is 1. The molecule has 4 rings (SSSR count). The van der Waals surface area contributed by atoms with Crippen LogP contribution in [0.2, 0.25) is 0 Å². The van der Waals surface area contributed by atoms with Gasteiger partial charge in [0, 0.05) is 16.1 Å². The topological polar surface area (TPSA) is 114 Å². The number of aryl methyl sites for hydroxylation is 2. The zero-order valence-electron chi connectivity index (χ0n) is 20.9. The van der Waals surface area contributed by atoms with Crippen LogP contribution in [-0.2, 0) is 20.9 Å². The standard InChI is InChI=1S/C27H27FN4O4S/c1-5-15(3)36-27(35)22(26(33)34)24-31-23(29-13-19-8-6-7-14(2)30-19)21-20(16(4)37-25(21)32-24)17-9-11-18(28)12-10-17/h6-12,15,22H,5,13H2,1-4H3,(H,33,34)(H,29,31,32). The van der Waals surface area contributed by atoms with Gasteiger partial charge in [-0.1, -0.05) is 25.1 Å². The summed E-state index contributed by atoms with van der Waals surface area (Å²) in [7, 11) is 0. The van der Waals surface area contributed by atoms with Gasteiger partial charge in [0.05, 0.1) is 23.7 Å². The number of anilines is 1. The first-order chi connectivity index (χ1) is 17.7. The zero-order valence-corrected chi connectivity index (χ0v) is 21.7. The first kappa shape index (κ1) is 26.2. The second kappa shape index (κ2) is 11.0. The van der Waals surface area contributed by atoms with Crippen molar-refractivity contribution in [1.29, 1.82) is 0 Å². The number of aromatic nitrogens is 3. The number of aliphatic carboxylic acids is 1. The summed E-state index contributed by atoms with van der Waals surface area (Å²) in [6, 6.07) is 11.7. The Morgan fingerprint density at radius 2 is 1.84 bits per heavy atom. The Labute approximate surface area is 217 Å². The van der Waals surface area contributed by atoms with Crippen molar-refractivity contribution < 1.29 is 23.8 Å². The molecule has 1 aromatic carbocycles. The van der Waals surface area contributed by atoms with Crippen molar-refractivity contribution >= 4 is 39.3 Å². The SMILES string of the molecule is CCC(C)OC(=O)C(C(=O)O)c1nc(NCc2cccc(C)n2)c2c(-c3ccc(F)cc3)c(C)sc2n1. The number of nitrogens with one attached hydrogen (secondary N) is 1. The Morgan fingerprint density at radius 3 is 2.49 bits per heavy atom. The molecule has 10 heteroatoms. The summed E-state index contributed by atoms with van der Waals surface area (Å²) >= 11 is 1.34. The fraction of sp³-hybridized carbons (Fsp3) is 0.296. The number of carboxylic acids is 1. The quantitative estimate of drug-likeness (QED) is 0.215. The van der Waals surface area contributed by atoms with E-state index in [1.165, 1.54) is 23.5 Å². The lowest BCUT2D eigenvalue weighted by molar-refractivity contribution is -0.157. The van der Waals surface area contributed by atoms with E-state index >= 15 is 0 Å². The van der Waals surface area contributed by atoms with Crippen LogP contribution in [0.1, 0.15) is 48.3 Å². The normalized spacial score (nSPS) is 12.8. The van der Waals surface area contributed by atoms with Gasteiger partial charge < -0.3 is 15.2 Å². The molecule has 0 saturated carbocycles. The predicted octanol–water partition coefficient (Wildman–Crippen LogP) is 5.63. The first-order valence-corrected chi connectivity index (χ1v) is 12.7. The maximum Gasteiger partial charge on any atom is 0.328 e.